The third kappa shape index (κ3) is 1.72. The Bertz CT molecular complexity index is 615. The van der Waals surface area contributed by atoms with Crippen LogP contribution in [0.15, 0.2) is 18.3 Å². The molecule has 0 aliphatic carbocycles. The van der Waals surface area contributed by atoms with Gasteiger partial charge in [-0.3, -0.25) is 4.98 Å². The quantitative estimate of drug-likeness (QED) is 0.748. The molecule has 2 heterocycles. The van der Waals surface area contributed by atoms with Gasteiger partial charge in [0, 0.05) is 35.9 Å². The van der Waals surface area contributed by atoms with E-state index < -0.39 is 0 Å². The van der Waals surface area contributed by atoms with Crippen molar-refractivity contribution < 1.29 is 0 Å². The van der Waals surface area contributed by atoms with E-state index in [0.717, 1.165) is 33.8 Å². The number of aryl methyl sites for hydroxylation is 1. The predicted molar refractivity (Wildman–Crippen MR) is 67.6 cm³/mol. The molecule has 0 bridgehead atoms. The Labute approximate surface area is 101 Å². The van der Waals surface area contributed by atoms with Crippen molar-refractivity contribution >= 4 is 0 Å². The fourth-order valence-electron chi connectivity index (χ4n) is 2.14. The molecule has 0 radical (unpaired) electrons. The molecule has 2 aromatic rings. The molecule has 0 spiro atoms. The number of nitrogens with zero attached hydrogens (tertiary/aromatic N) is 3. The van der Waals surface area contributed by atoms with Gasteiger partial charge in [0.15, 0.2) is 0 Å². The standard InChI is InChI=1S/C14H15N3/c1-9-7-12(5-6-16-9)14-11(3)17(4)10(2)13(14)8-15/h5-7H,1-4H3. The fourth-order valence-corrected chi connectivity index (χ4v) is 2.14. The van der Waals surface area contributed by atoms with E-state index in [1.54, 1.807) is 6.20 Å². The Hall–Kier alpha value is -2.08. The summed E-state index contributed by atoms with van der Waals surface area (Å²) < 4.78 is 2.06. The molecule has 3 heteroatoms. The van der Waals surface area contributed by atoms with Gasteiger partial charge >= 0.3 is 0 Å². The van der Waals surface area contributed by atoms with Crippen LogP contribution in [0.4, 0.5) is 0 Å². The summed E-state index contributed by atoms with van der Waals surface area (Å²) in [5, 5.41) is 9.29. The molecule has 0 saturated carbocycles. The molecule has 2 aromatic heterocycles. The van der Waals surface area contributed by atoms with E-state index in [1.165, 1.54) is 0 Å². The first-order valence-electron chi connectivity index (χ1n) is 5.55. The van der Waals surface area contributed by atoms with Crippen molar-refractivity contribution in [2.24, 2.45) is 7.05 Å². The molecule has 0 aliphatic rings. The maximum atomic E-state index is 9.29. The number of hydrogen-bond donors (Lipinski definition) is 0. The largest absolute Gasteiger partial charge is 0.350 e. The van der Waals surface area contributed by atoms with E-state index in [-0.39, 0.29) is 0 Å². The van der Waals surface area contributed by atoms with Crippen LogP contribution in [0.5, 0.6) is 0 Å². The number of aromatic nitrogens is 2. The lowest BCUT2D eigenvalue weighted by Gasteiger charge is -2.03. The van der Waals surface area contributed by atoms with Crippen LogP contribution in [0, 0.1) is 32.1 Å². The van der Waals surface area contributed by atoms with Crippen LogP contribution in [0.3, 0.4) is 0 Å². The average Bonchev–Trinajstić information content (AvgIpc) is 2.53. The second-order valence-corrected chi connectivity index (χ2v) is 4.28. The van der Waals surface area contributed by atoms with Gasteiger partial charge in [0.25, 0.3) is 0 Å². The summed E-state index contributed by atoms with van der Waals surface area (Å²) in [6.45, 7) is 5.97. The molecule has 3 nitrogen and oxygen atoms in total. The highest BCUT2D eigenvalue weighted by Crippen LogP contribution is 2.31. The molecule has 0 saturated heterocycles. The van der Waals surface area contributed by atoms with E-state index in [0.29, 0.717) is 0 Å². The van der Waals surface area contributed by atoms with Gasteiger partial charge in [-0.1, -0.05) is 0 Å². The van der Waals surface area contributed by atoms with E-state index >= 15 is 0 Å². The van der Waals surface area contributed by atoms with Crippen molar-refractivity contribution in [2.75, 3.05) is 0 Å². The molecule has 0 fully saturated rings. The first-order chi connectivity index (χ1) is 8.06. The number of hydrogen-bond acceptors (Lipinski definition) is 2. The molecule has 0 amide bonds. The second kappa shape index (κ2) is 4.06. The summed E-state index contributed by atoms with van der Waals surface area (Å²) in [5.74, 6) is 0. The molecule has 0 aliphatic heterocycles. The molecule has 0 atom stereocenters. The first kappa shape index (κ1) is 11.4. The number of nitriles is 1. The highest BCUT2D eigenvalue weighted by molar-refractivity contribution is 5.75. The lowest BCUT2D eigenvalue weighted by atomic mass is 10.0. The Morgan fingerprint density at radius 1 is 1.24 bits per heavy atom. The summed E-state index contributed by atoms with van der Waals surface area (Å²) >= 11 is 0. The molecule has 0 unspecified atom stereocenters. The minimum atomic E-state index is 0.760. The average molecular weight is 225 g/mol. The van der Waals surface area contributed by atoms with Crippen LogP contribution >= 0.6 is 0 Å². The highest BCUT2D eigenvalue weighted by Gasteiger charge is 2.16. The summed E-state index contributed by atoms with van der Waals surface area (Å²) in [5.41, 5.74) is 5.94. The lowest BCUT2D eigenvalue weighted by molar-refractivity contribution is 0.843. The molecule has 86 valence electrons. The maximum absolute atomic E-state index is 9.29. The summed E-state index contributed by atoms with van der Waals surface area (Å²) in [6.07, 6.45) is 1.79. The van der Waals surface area contributed by atoms with Gasteiger partial charge in [-0.2, -0.15) is 5.26 Å². The molecule has 0 N–H and O–H groups in total. The predicted octanol–water partition coefficient (Wildman–Crippen LogP) is 2.88. The Morgan fingerprint density at radius 3 is 2.53 bits per heavy atom. The van der Waals surface area contributed by atoms with Crippen molar-refractivity contribution in [1.82, 2.24) is 9.55 Å². The Kier molecular flexibility index (Phi) is 2.72. The normalized spacial score (nSPS) is 10.3. The van der Waals surface area contributed by atoms with E-state index in [4.69, 9.17) is 0 Å². The van der Waals surface area contributed by atoms with Crippen LogP contribution in [0.1, 0.15) is 22.6 Å². The summed E-state index contributed by atoms with van der Waals surface area (Å²) in [7, 11) is 1.99. The monoisotopic (exact) mass is 225 g/mol. The maximum Gasteiger partial charge on any atom is 0.102 e. The third-order valence-corrected chi connectivity index (χ3v) is 3.28. The van der Waals surface area contributed by atoms with Gasteiger partial charge < -0.3 is 4.57 Å². The zero-order chi connectivity index (χ0) is 12.6. The van der Waals surface area contributed by atoms with Gasteiger partial charge in [0.2, 0.25) is 0 Å². The lowest BCUT2D eigenvalue weighted by Crippen LogP contribution is -1.93. The SMILES string of the molecule is Cc1cc(-c2c(C#N)c(C)n(C)c2C)ccn1. The smallest absolute Gasteiger partial charge is 0.102 e. The van der Waals surface area contributed by atoms with Gasteiger partial charge in [-0.25, -0.2) is 0 Å². The fraction of sp³-hybridized carbons (Fsp3) is 0.286. The molecule has 17 heavy (non-hydrogen) atoms. The number of rotatable bonds is 1. The van der Waals surface area contributed by atoms with Crippen LogP contribution in [0.2, 0.25) is 0 Å². The second-order valence-electron chi connectivity index (χ2n) is 4.28. The molecular weight excluding hydrogens is 210 g/mol. The van der Waals surface area contributed by atoms with Crippen LogP contribution in [-0.2, 0) is 7.05 Å². The van der Waals surface area contributed by atoms with Gasteiger partial charge in [-0.05, 0) is 38.5 Å². The number of pyridine rings is 1. The van der Waals surface area contributed by atoms with Crippen LogP contribution in [0.25, 0.3) is 11.1 Å². The van der Waals surface area contributed by atoms with Gasteiger partial charge in [0.05, 0.1) is 5.56 Å². The van der Waals surface area contributed by atoms with Crippen molar-refractivity contribution in [3.8, 4) is 17.2 Å². The zero-order valence-corrected chi connectivity index (χ0v) is 10.6. The third-order valence-electron chi connectivity index (χ3n) is 3.28. The van der Waals surface area contributed by atoms with Crippen molar-refractivity contribution in [1.29, 1.82) is 5.26 Å². The summed E-state index contributed by atoms with van der Waals surface area (Å²) in [6, 6.07) is 6.27. The minimum absolute atomic E-state index is 0.760. The van der Waals surface area contributed by atoms with Gasteiger partial charge in [0.1, 0.15) is 6.07 Å². The molecule has 0 aromatic carbocycles. The minimum Gasteiger partial charge on any atom is -0.350 e. The van der Waals surface area contributed by atoms with Gasteiger partial charge in [-0.15, -0.1) is 0 Å². The molecule has 2 rings (SSSR count). The van der Waals surface area contributed by atoms with E-state index in [1.807, 2.05) is 40.0 Å². The summed E-state index contributed by atoms with van der Waals surface area (Å²) in [4.78, 5) is 4.19. The van der Waals surface area contributed by atoms with Crippen molar-refractivity contribution in [3.63, 3.8) is 0 Å². The van der Waals surface area contributed by atoms with E-state index in [9.17, 15) is 5.26 Å². The van der Waals surface area contributed by atoms with Crippen LogP contribution in [-0.4, -0.2) is 9.55 Å². The molecular formula is C14H15N3. The van der Waals surface area contributed by atoms with Crippen molar-refractivity contribution in [3.05, 3.63) is 41.0 Å². The zero-order valence-electron chi connectivity index (χ0n) is 10.6. The van der Waals surface area contributed by atoms with Crippen molar-refractivity contribution in [2.45, 2.75) is 20.8 Å². The Balaban J connectivity index is 2.76. The Morgan fingerprint density at radius 2 is 1.94 bits per heavy atom. The highest BCUT2D eigenvalue weighted by atomic mass is 15.0. The van der Waals surface area contributed by atoms with Crippen LogP contribution < -0.4 is 0 Å². The van der Waals surface area contributed by atoms with E-state index in [2.05, 4.69) is 15.6 Å². The first-order valence-corrected chi connectivity index (χ1v) is 5.55. The topological polar surface area (TPSA) is 41.6 Å².